The minimum absolute atomic E-state index is 0.243. The molecule has 0 bridgehead atoms. The lowest BCUT2D eigenvalue weighted by atomic mass is 10.2. The maximum Gasteiger partial charge on any atom is 0.310 e. The second kappa shape index (κ2) is 6.81. The molecule has 0 atom stereocenters. The van der Waals surface area contributed by atoms with Crippen molar-refractivity contribution in [3.63, 3.8) is 0 Å². The van der Waals surface area contributed by atoms with Gasteiger partial charge in [0.05, 0.1) is 11.9 Å². The number of hydrazone groups is 1. The molecule has 1 aromatic heterocycles. The highest BCUT2D eigenvalue weighted by Crippen LogP contribution is 2.14. The Balaban J connectivity index is 1.91. The Bertz CT molecular complexity index is 605. The number of anilines is 1. The van der Waals surface area contributed by atoms with Crippen LogP contribution in [-0.2, 0) is 4.79 Å². The number of hydrogen-bond acceptors (Lipinski definition) is 6. The van der Waals surface area contributed by atoms with Gasteiger partial charge in [0, 0.05) is 11.8 Å². The van der Waals surface area contributed by atoms with Crippen molar-refractivity contribution in [2.24, 2.45) is 5.10 Å². The summed E-state index contributed by atoms with van der Waals surface area (Å²) in [7, 11) is 0. The Labute approximate surface area is 121 Å². The molecule has 0 saturated heterocycles. The molecule has 0 radical (unpaired) electrons. The molecule has 0 aliphatic heterocycles. The molecule has 2 rings (SSSR count). The first kappa shape index (κ1) is 14.2. The van der Waals surface area contributed by atoms with Crippen LogP contribution in [0.25, 0.3) is 0 Å². The number of esters is 1. The fourth-order valence-corrected chi connectivity index (χ4v) is 2.03. The van der Waals surface area contributed by atoms with Crippen LogP contribution in [0.1, 0.15) is 24.6 Å². The number of benzene rings is 1. The number of ether oxygens (including phenoxy) is 1. The maximum atomic E-state index is 11.1. The third kappa shape index (κ3) is 4.17. The van der Waals surface area contributed by atoms with Crippen molar-refractivity contribution in [3.8, 4) is 5.75 Å². The van der Waals surface area contributed by atoms with Crippen LogP contribution in [0, 0.1) is 6.92 Å². The highest BCUT2D eigenvalue weighted by Gasteiger charge is 2.00. The van der Waals surface area contributed by atoms with Crippen LogP contribution in [0.3, 0.4) is 0 Å². The first-order chi connectivity index (χ1) is 9.67. The molecule has 6 heteroatoms. The average molecular weight is 289 g/mol. The summed E-state index contributed by atoms with van der Waals surface area (Å²) < 4.78 is 5.09. The van der Waals surface area contributed by atoms with E-state index in [9.17, 15) is 4.79 Å². The number of aromatic nitrogens is 1. The molecule has 1 N–H and O–H groups in total. The van der Waals surface area contributed by atoms with Gasteiger partial charge in [0.15, 0.2) is 0 Å². The van der Waals surface area contributed by atoms with Crippen molar-refractivity contribution in [1.29, 1.82) is 0 Å². The van der Waals surface area contributed by atoms with Crippen LogP contribution >= 0.6 is 11.3 Å². The Morgan fingerprint density at radius 3 is 2.80 bits per heavy atom. The van der Waals surface area contributed by atoms with E-state index in [2.05, 4.69) is 15.5 Å². The van der Waals surface area contributed by atoms with Crippen molar-refractivity contribution in [1.82, 2.24) is 4.98 Å². The predicted molar refractivity (Wildman–Crippen MR) is 80.4 cm³/mol. The third-order valence-electron chi connectivity index (χ3n) is 2.39. The van der Waals surface area contributed by atoms with Gasteiger partial charge in [-0.15, -0.1) is 11.3 Å². The van der Waals surface area contributed by atoms with Gasteiger partial charge in [-0.3, -0.25) is 10.2 Å². The van der Waals surface area contributed by atoms with Gasteiger partial charge >= 0.3 is 5.97 Å². The lowest BCUT2D eigenvalue weighted by molar-refractivity contribution is -0.134. The van der Waals surface area contributed by atoms with E-state index in [4.69, 9.17) is 4.74 Å². The first-order valence-corrected chi connectivity index (χ1v) is 7.07. The Hall–Kier alpha value is -2.21. The first-order valence-electron chi connectivity index (χ1n) is 6.19. The van der Waals surface area contributed by atoms with Crippen LogP contribution in [0.4, 0.5) is 5.13 Å². The van der Waals surface area contributed by atoms with Crippen molar-refractivity contribution in [3.05, 3.63) is 40.9 Å². The van der Waals surface area contributed by atoms with Gasteiger partial charge in [-0.05, 0) is 36.8 Å². The minimum atomic E-state index is -0.243. The molecule has 104 valence electrons. The van der Waals surface area contributed by atoms with E-state index in [0.29, 0.717) is 12.2 Å². The van der Waals surface area contributed by atoms with Crippen molar-refractivity contribution in [2.75, 3.05) is 5.43 Å². The molecule has 0 aliphatic carbocycles. The highest BCUT2D eigenvalue weighted by molar-refractivity contribution is 7.13. The van der Waals surface area contributed by atoms with E-state index in [-0.39, 0.29) is 5.97 Å². The van der Waals surface area contributed by atoms with E-state index < -0.39 is 0 Å². The molecule has 20 heavy (non-hydrogen) atoms. The summed E-state index contributed by atoms with van der Waals surface area (Å²) in [5.74, 6) is 0.296. The molecule has 0 unspecified atom stereocenters. The topological polar surface area (TPSA) is 63.6 Å². The zero-order chi connectivity index (χ0) is 14.4. The Morgan fingerprint density at radius 1 is 1.45 bits per heavy atom. The summed E-state index contributed by atoms with van der Waals surface area (Å²) in [5.41, 5.74) is 4.73. The maximum absolute atomic E-state index is 11.1. The van der Waals surface area contributed by atoms with E-state index in [1.54, 1.807) is 25.3 Å². The molecular formula is C14H15N3O2S. The summed E-state index contributed by atoms with van der Waals surface area (Å²) in [6.45, 7) is 3.69. The van der Waals surface area contributed by atoms with Gasteiger partial charge in [0.25, 0.3) is 0 Å². The number of nitrogens with one attached hydrogen (secondary N) is 1. The van der Waals surface area contributed by atoms with Crippen molar-refractivity contribution < 1.29 is 9.53 Å². The normalized spacial score (nSPS) is 10.7. The fourth-order valence-electron chi connectivity index (χ4n) is 1.39. The van der Waals surface area contributed by atoms with Crippen LogP contribution in [0.2, 0.25) is 0 Å². The van der Waals surface area contributed by atoms with Crippen LogP contribution in [0.15, 0.2) is 34.7 Å². The molecule has 0 aliphatic rings. The largest absolute Gasteiger partial charge is 0.427 e. The number of nitrogens with zero attached hydrogens (tertiary/aromatic N) is 2. The van der Waals surface area contributed by atoms with E-state index in [0.717, 1.165) is 16.4 Å². The smallest absolute Gasteiger partial charge is 0.310 e. The second-order valence-electron chi connectivity index (χ2n) is 4.06. The number of thiazole rings is 1. The van der Waals surface area contributed by atoms with E-state index >= 15 is 0 Å². The Morgan fingerprint density at radius 2 is 2.20 bits per heavy atom. The summed E-state index contributed by atoms with van der Waals surface area (Å²) >= 11 is 1.50. The van der Waals surface area contributed by atoms with E-state index in [1.807, 2.05) is 24.4 Å². The van der Waals surface area contributed by atoms with E-state index in [1.165, 1.54) is 11.3 Å². The van der Waals surface area contributed by atoms with Gasteiger partial charge in [0.1, 0.15) is 5.75 Å². The van der Waals surface area contributed by atoms with Gasteiger partial charge < -0.3 is 4.74 Å². The molecule has 0 fully saturated rings. The predicted octanol–water partition coefficient (Wildman–Crippen LogP) is 3.21. The van der Waals surface area contributed by atoms with Crippen LogP contribution in [-0.4, -0.2) is 17.2 Å². The quantitative estimate of drug-likeness (QED) is 0.397. The molecule has 5 nitrogen and oxygen atoms in total. The average Bonchev–Trinajstić information content (AvgIpc) is 2.86. The molecule has 1 aromatic carbocycles. The molecule has 0 saturated carbocycles. The monoisotopic (exact) mass is 289 g/mol. The third-order valence-corrected chi connectivity index (χ3v) is 3.26. The summed E-state index contributed by atoms with van der Waals surface area (Å²) in [4.78, 5) is 15.4. The standard InChI is InChI=1S/C14H15N3O2S/c1-3-13(18)19-12-6-4-11(5-7-12)8-15-17-14-16-10(2)9-20-14/h4-9H,3H2,1-2H3,(H,16,17). The highest BCUT2D eigenvalue weighted by atomic mass is 32.1. The number of carbonyl (C=O) groups excluding carboxylic acids is 1. The van der Waals surface area contributed by atoms with Gasteiger partial charge in [-0.25, -0.2) is 4.98 Å². The zero-order valence-corrected chi connectivity index (χ0v) is 12.1. The van der Waals surface area contributed by atoms with Gasteiger partial charge in [-0.2, -0.15) is 5.10 Å². The summed E-state index contributed by atoms with van der Waals surface area (Å²) in [6.07, 6.45) is 2.04. The van der Waals surface area contributed by atoms with Crippen LogP contribution < -0.4 is 10.2 Å². The van der Waals surface area contributed by atoms with Gasteiger partial charge in [-0.1, -0.05) is 6.92 Å². The number of rotatable bonds is 5. The van der Waals surface area contributed by atoms with Crippen molar-refractivity contribution in [2.45, 2.75) is 20.3 Å². The fraction of sp³-hybridized carbons (Fsp3) is 0.214. The summed E-state index contributed by atoms with van der Waals surface area (Å²) in [6, 6.07) is 7.14. The SMILES string of the molecule is CCC(=O)Oc1ccc(C=NNc2nc(C)cs2)cc1. The molecule has 2 aromatic rings. The summed E-state index contributed by atoms with van der Waals surface area (Å²) in [5, 5.41) is 6.81. The van der Waals surface area contributed by atoms with Crippen LogP contribution in [0.5, 0.6) is 5.75 Å². The number of aryl methyl sites for hydroxylation is 1. The number of hydrogen-bond donors (Lipinski definition) is 1. The lowest BCUT2D eigenvalue weighted by Gasteiger charge is -2.02. The van der Waals surface area contributed by atoms with Crippen molar-refractivity contribution >= 4 is 28.7 Å². The molecule has 0 amide bonds. The molecule has 1 heterocycles. The second-order valence-corrected chi connectivity index (χ2v) is 4.92. The Kier molecular flexibility index (Phi) is 4.84. The zero-order valence-electron chi connectivity index (χ0n) is 11.3. The minimum Gasteiger partial charge on any atom is -0.427 e. The lowest BCUT2D eigenvalue weighted by Crippen LogP contribution is -2.05. The number of carbonyl (C=O) groups is 1. The van der Waals surface area contributed by atoms with Gasteiger partial charge in [0.2, 0.25) is 5.13 Å². The molecular weight excluding hydrogens is 274 g/mol. The molecule has 0 spiro atoms.